The van der Waals surface area contributed by atoms with Gasteiger partial charge in [-0.2, -0.15) is 4.37 Å². The number of anilines is 1. The molecule has 0 aliphatic rings. The summed E-state index contributed by atoms with van der Waals surface area (Å²) in [5.74, 6) is 0.768. The smallest absolute Gasteiger partial charge is 0.202 e. The average molecular weight is 242 g/mol. The minimum absolute atomic E-state index is 0.394. The van der Waals surface area contributed by atoms with Gasteiger partial charge in [-0.05, 0) is 6.92 Å². The average Bonchev–Trinajstić information content (AvgIpc) is 2.64. The number of halogens is 1. The van der Waals surface area contributed by atoms with Crippen molar-refractivity contribution in [1.82, 2.24) is 19.3 Å². The first-order valence-corrected chi connectivity index (χ1v) is 5.40. The molecule has 0 amide bonds. The molecule has 0 saturated carbocycles. The van der Waals surface area contributed by atoms with Crippen LogP contribution in [0.15, 0.2) is 12.4 Å². The van der Waals surface area contributed by atoms with Crippen molar-refractivity contribution in [3.63, 3.8) is 0 Å². The van der Waals surface area contributed by atoms with Gasteiger partial charge in [-0.1, -0.05) is 11.6 Å². The first kappa shape index (κ1) is 10.3. The van der Waals surface area contributed by atoms with Gasteiger partial charge in [0.25, 0.3) is 0 Å². The highest BCUT2D eigenvalue weighted by atomic mass is 35.5. The van der Waals surface area contributed by atoms with Crippen LogP contribution in [0.3, 0.4) is 0 Å². The molecule has 7 heteroatoms. The van der Waals surface area contributed by atoms with Gasteiger partial charge in [0.05, 0.1) is 24.6 Å². The summed E-state index contributed by atoms with van der Waals surface area (Å²) in [5, 5.41) is 4.28. The van der Waals surface area contributed by atoms with Gasteiger partial charge in [0.2, 0.25) is 5.13 Å². The molecule has 2 aromatic heterocycles. The van der Waals surface area contributed by atoms with E-state index in [1.165, 1.54) is 17.7 Å². The molecule has 0 atom stereocenters. The fourth-order valence-electron chi connectivity index (χ4n) is 0.965. The quantitative estimate of drug-likeness (QED) is 0.889. The molecule has 0 aliphatic carbocycles. The van der Waals surface area contributed by atoms with E-state index in [9.17, 15) is 0 Å². The SMILES string of the molecule is Cc1nsc(NCc2cnc(Cl)cn2)n1. The molecule has 2 aromatic rings. The monoisotopic (exact) mass is 241 g/mol. The second-order valence-electron chi connectivity index (χ2n) is 2.83. The summed E-state index contributed by atoms with van der Waals surface area (Å²) in [7, 11) is 0. The van der Waals surface area contributed by atoms with Crippen molar-refractivity contribution < 1.29 is 0 Å². The van der Waals surface area contributed by atoms with Crippen molar-refractivity contribution in [3.05, 3.63) is 29.1 Å². The Kier molecular flexibility index (Phi) is 3.08. The standard InChI is InChI=1S/C8H8ClN5S/c1-5-13-8(15-14-5)12-3-6-2-11-7(9)4-10-6/h2,4H,3H2,1H3,(H,12,13,14). The van der Waals surface area contributed by atoms with Gasteiger partial charge in [0, 0.05) is 11.5 Å². The fraction of sp³-hybridized carbons (Fsp3) is 0.250. The highest BCUT2D eigenvalue weighted by molar-refractivity contribution is 7.09. The summed E-state index contributed by atoms with van der Waals surface area (Å²) >= 11 is 6.94. The molecule has 0 unspecified atom stereocenters. The Balaban J connectivity index is 1.96. The lowest BCUT2D eigenvalue weighted by Gasteiger charge is -2.00. The van der Waals surface area contributed by atoms with Crippen LogP contribution in [0.1, 0.15) is 11.5 Å². The molecule has 0 radical (unpaired) electrons. The predicted octanol–water partition coefficient (Wildman–Crippen LogP) is 1.90. The Morgan fingerprint density at radius 2 is 2.27 bits per heavy atom. The third-order valence-electron chi connectivity index (χ3n) is 1.62. The zero-order chi connectivity index (χ0) is 10.7. The van der Waals surface area contributed by atoms with Gasteiger partial charge >= 0.3 is 0 Å². The summed E-state index contributed by atoms with van der Waals surface area (Å²) in [4.78, 5) is 12.2. The van der Waals surface area contributed by atoms with Crippen molar-refractivity contribution in [2.24, 2.45) is 0 Å². The second kappa shape index (κ2) is 4.50. The van der Waals surface area contributed by atoms with Crippen LogP contribution in [0.5, 0.6) is 0 Å². The van der Waals surface area contributed by atoms with E-state index in [2.05, 4.69) is 24.6 Å². The summed E-state index contributed by atoms with van der Waals surface area (Å²) in [5.41, 5.74) is 0.812. The summed E-state index contributed by atoms with van der Waals surface area (Å²) in [6.45, 7) is 2.42. The largest absolute Gasteiger partial charge is 0.355 e. The highest BCUT2D eigenvalue weighted by Crippen LogP contribution is 2.11. The molecule has 0 aliphatic heterocycles. The van der Waals surface area contributed by atoms with E-state index < -0.39 is 0 Å². The molecule has 2 heterocycles. The molecule has 0 spiro atoms. The summed E-state index contributed by atoms with van der Waals surface area (Å²) in [6.07, 6.45) is 3.15. The lowest BCUT2D eigenvalue weighted by molar-refractivity contribution is 1.00. The van der Waals surface area contributed by atoms with Gasteiger partial charge in [-0.15, -0.1) is 0 Å². The van der Waals surface area contributed by atoms with E-state index in [1.807, 2.05) is 6.92 Å². The molecular formula is C8H8ClN5S. The molecule has 1 N–H and O–H groups in total. The number of hydrogen-bond donors (Lipinski definition) is 1. The van der Waals surface area contributed by atoms with Gasteiger partial charge in [-0.25, -0.2) is 9.97 Å². The maximum atomic E-state index is 5.62. The summed E-state index contributed by atoms with van der Waals surface area (Å²) < 4.78 is 4.05. The van der Waals surface area contributed by atoms with Crippen LogP contribution in [0.25, 0.3) is 0 Å². The maximum Gasteiger partial charge on any atom is 0.202 e. The first-order chi connectivity index (χ1) is 7.24. The van der Waals surface area contributed by atoms with E-state index in [-0.39, 0.29) is 0 Å². The van der Waals surface area contributed by atoms with Gasteiger partial charge in [0.1, 0.15) is 11.0 Å². The normalized spacial score (nSPS) is 10.3. The van der Waals surface area contributed by atoms with Gasteiger partial charge in [-0.3, -0.25) is 4.98 Å². The molecule has 0 saturated heterocycles. The van der Waals surface area contributed by atoms with Gasteiger partial charge in [0.15, 0.2) is 0 Å². The molecule has 15 heavy (non-hydrogen) atoms. The van der Waals surface area contributed by atoms with Crippen molar-refractivity contribution in [1.29, 1.82) is 0 Å². The van der Waals surface area contributed by atoms with Crippen molar-refractivity contribution in [2.75, 3.05) is 5.32 Å². The number of aryl methyl sites for hydroxylation is 1. The molecule has 5 nitrogen and oxygen atoms in total. The predicted molar refractivity (Wildman–Crippen MR) is 59.0 cm³/mol. The number of nitrogens with one attached hydrogen (secondary N) is 1. The number of hydrogen-bond acceptors (Lipinski definition) is 6. The number of nitrogens with zero attached hydrogens (tertiary/aromatic N) is 4. The maximum absolute atomic E-state index is 5.62. The van der Waals surface area contributed by atoms with Crippen LogP contribution >= 0.6 is 23.1 Å². The van der Waals surface area contributed by atoms with Crippen LogP contribution in [-0.4, -0.2) is 19.3 Å². The Morgan fingerprint density at radius 1 is 1.40 bits per heavy atom. The minimum atomic E-state index is 0.394. The van der Waals surface area contributed by atoms with Crippen molar-refractivity contribution in [2.45, 2.75) is 13.5 Å². The first-order valence-electron chi connectivity index (χ1n) is 4.24. The van der Waals surface area contributed by atoms with E-state index in [0.29, 0.717) is 11.7 Å². The Hall–Kier alpha value is -1.27. The van der Waals surface area contributed by atoms with Crippen LogP contribution in [0.4, 0.5) is 5.13 Å². The zero-order valence-electron chi connectivity index (χ0n) is 7.94. The fourth-order valence-corrected chi connectivity index (χ4v) is 1.63. The zero-order valence-corrected chi connectivity index (χ0v) is 9.51. The molecule has 0 bridgehead atoms. The van der Waals surface area contributed by atoms with Crippen molar-refractivity contribution >= 4 is 28.3 Å². The van der Waals surface area contributed by atoms with E-state index in [0.717, 1.165) is 16.6 Å². The van der Waals surface area contributed by atoms with Crippen LogP contribution in [0, 0.1) is 6.92 Å². The Labute approximate surface area is 95.7 Å². The van der Waals surface area contributed by atoms with Crippen LogP contribution in [0.2, 0.25) is 5.15 Å². The molecule has 78 valence electrons. The third kappa shape index (κ3) is 2.84. The second-order valence-corrected chi connectivity index (χ2v) is 3.97. The third-order valence-corrected chi connectivity index (χ3v) is 2.58. The number of aromatic nitrogens is 4. The van der Waals surface area contributed by atoms with Gasteiger partial charge < -0.3 is 5.32 Å². The van der Waals surface area contributed by atoms with Crippen LogP contribution in [-0.2, 0) is 6.54 Å². The van der Waals surface area contributed by atoms with E-state index >= 15 is 0 Å². The molecule has 2 rings (SSSR count). The Bertz CT molecular complexity index is 441. The van der Waals surface area contributed by atoms with E-state index in [4.69, 9.17) is 11.6 Å². The van der Waals surface area contributed by atoms with Crippen LogP contribution < -0.4 is 5.32 Å². The lowest BCUT2D eigenvalue weighted by Crippen LogP contribution is -2.01. The summed E-state index contributed by atoms with van der Waals surface area (Å²) in [6, 6.07) is 0. The van der Waals surface area contributed by atoms with Crippen molar-refractivity contribution in [3.8, 4) is 0 Å². The Morgan fingerprint density at radius 3 is 2.87 bits per heavy atom. The minimum Gasteiger partial charge on any atom is -0.355 e. The molecule has 0 aromatic carbocycles. The lowest BCUT2D eigenvalue weighted by atomic mass is 10.4. The molecule has 0 fully saturated rings. The topological polar surface area (TPSA) is 63.6 Å². The number of rotatable bonds is 3. The highest BCUT2D eigenvalue weighted by Gasteiger charge is 2.00. The molecular weight excluding hydrogens is 234 g/mol. The van der Waals surface area contributed by atoms with E-state index in [1.54, 1.807) is 6.20 Å².